The van der Waals surface area contributed by atoms with Gasteiger partial charge in [-0.2, -0.15) is 11.3 Å². The number of aliphatic hydroxyl groups is 1. The zero-order valence-electron chi connectivity index (χ0n) is 14.5. The van der Waals surface area contributed by atoms with Crippen LogP contribution in [0.5, 0.6) is 0 Å². The third-order valence-corrected chi connectivity index (χ3v) is 5.34. The lowest BCUT2D eigenvalue weighted by atomic mass is 10.00. The molecule has 25 heavy (non-hydrogen) atoms. The molecule has 134 valence electrons. The Morgan fingerprint density at radius 2 is 2.28 bits per heavy atom. The van der Waals surface area contributed by atoms with Crippen LogP contribution in [0.25, 0.3) is 0 Å². The van der Waals surface area contributed by atoms with E-state index < -0.39 is 5.60 Å². The van der Waals surface area contributed by atoms with Gasteiger partial charge >= 0.3 is 0 Å². The van der Waals surface area contributed by atoms with E-state index in [1.807, 2.05) is 41.9 Å². The highest BCUT2D eigenvalue weighted by Crippen LogP contribution is 2.41. The SMILES string of the molecule is CCNC(=NCC(C)(O)c1ccsc1)NC1CC1c1cccc(Cl)c1. The number of halogens is 1. The summed E-state index contributed by atoms with van der Waals surface area (Å²) in [5, 5.41) is 22.1. The Hall–Kier alpha value is -1.56. The molecule has 2 aromatic rings. The van der Waals surface area contributed by atoms with Crippen molar-refractivity contribution in [2.45, 2.75) is 37.8 Å². The fourth-order valence-electron chi connectivity index (χ4n) is 2.85. The number of nitrogens with zero attached hydrogens (tertiary/aromatic N) is 1. The van der Waals surface area contributed by atoms with Gasteiger partial charge in [0.25, 0.3) is 0 Å². The molecule has 0 radical (unpaired) electrons. The Balaban J connectivity index is 1.62. The molecule has 0 saturated heterocycles. The van der Waals surface area contributed by atoms with Gasteiger partial charge in [-0.3, -0.25) is 0 Å². The lowest BCUT2D eigenvalue weighted by Gasteiger charge is -2.21. The summed E-state index contributed by atoms with van der Waals surface area (Å²) in [6.07, 6.45) is 1.06. The maximum absolute atomic E-state index is 10.6. The van der Waals surface area contributed by atoms with Crippen molar-refractivity contribution in [1.29, 1.82) is 0 Å². The quantitative estimate of drug-likeness (QED) is 0.531. The van der Waals surface area contributed by atoms with Crippen LogP contribution in [0.15, 0.2) is 46.1 Å². The van der Waals surface area contributed by atoms with Crippen LogP contribution in [0, 0.1) is 0 Å². The monoisotopic (exact) mass is 377 g/mol. The summed E-state index contributed by atoms with van der Waals surface area (Å²) in [5.41, 5.74) is 1.20. The van der Waals surface area contributed by atoms with Gasteiger partial charge in [0.15, 0.2) is 5.96 Å². The largest absolute Gasteiger partial charge is 0.383 e. The molecule has 1 heterocycles. The number of benzene rings is 1. The van der Waals surface area contributed by atoms with E-state index in [4.69, 9.17) is 11.6 Å². The lowest BCUT2D eigenvalue weighted by molar-refractivity contribution is 0.0677. The number of rotatable bonds is 6. The standard InChI is InChI=1S/C19H24ClN3OS/c1-3-21-18(22-12-19(2,24)14-7-8-25-11-14)23-17-10-16(17)13-5-4-6-15(20)9-13/h4-9,11,16-17,24H,3,10,12H2,1-2H3,(H2,21,22,23). The number of thiophene rings is 1. The summed E-state index contributed by atoms with van der Waals surface area (Å²) in [6.45, 7) is 4.93. The molecule has 1 aliphatic carbocycles. The Kier molecular flexibility index (Phi) is 5.67. The normalized spacial score (nSPS) is 22.3. The van der Waals surface area contributed by atoms with Gasteiger partial charge in [-0.15, -0.1) is 0 Å². The van der Waals surface area contributed by atoms with E-state index in [2.05, 4.69) is 21.7 Å². The molecule has 1 aromatic carbocycles. The van der Waals surface area contributed by atoms with Crippen molar-refractivity contribution in [1.82, 2.24) is 10.6 Å². The van der Waals surface area contributed by atoms with Crippen LogP contribution in [0.1, 0.15) is 37.3 Å². The van der Waals surface area contributed by atoms with E-state index in [1.54, 1.807) is 18.3 Å². The molecular weight excluding hydrogens is 354 g/mol. The van der Waals surface area contributed by atoms with Crippen molar-refractivity contribution < 1.29 is 5.11 Å². The third kappa shape index (κ3) is 4.75. The van der Waals surface area contributed by atoms with Gasteiger partial charge in [-0.1, -0.05) is 23.7 Å². The zero-order valence-corrected chi connectivity index (χ0v) is 16.1. The summed E-state index contributed by atoms with van der Waals surface area (Å²) in [6, 6.07) is 10.3. The molecule has 1 saturated carbocycles. The number of nitrogens with one attached hydrogen (secondary N) is 2. The van der Waals surface area contributed by atoms with Gasteiger partial charge in [0.2, 0.25) is 0 Å². The number of hydrogen-bond donors (Lipinski definition) is 3. The first kappa shape index (κ1) is 18.2. The summed E-state index contributed by atoms with van der Waals surface area (Å²) in [4.78, 5) is 4.59. The van der Waals surface area contributed by atoms with Crippen molar-refractivity contribution >= 4 is 28.9 Å². The van der Waals surface area contributed by atoms with Crippen LogP contribution in [0.3, 0.4) is 0 Å². The summed E-state index contributed by atoms with van der Waals surface area (Å²) in [5.74, 6) is 1.20. The first-order chi connectivity index (χ1) is 12.0. The number of hydrogen-bond acceptors (Lipinski definition) is 3. The van der Waals surface area contributed by atoms with E-state index in [0.29, 0.717) is 18.5 Å². The second kappa shape index (κ2) is 7.77. The maximum Gasteiger partial charge on any atom is 0.191 e. The highest BCUT2D eigenvalue weighted by molar-refractivity contribution is 7.08. The van der Waals surface area contributed by atoms with Crippen LogP contribution in [-0.2, 0) is 5.60 Å². The van der Waals surface area contributed by atoms with Crippen molar-refractivity contribution in [3.63, 3.8) is 0 Å². The fraction of sp³-hybridized carbons (Fsp3) is 0.421. The highest BCUT2D eigenvalue weighted by Gasteiger charge is 2.39. The van der Waals surface area contributed by atoms with Gasteiger partial charge < -0.3 is 15.7 Å². The summed E-state index contributed by atoms with van der Waals surface area (Å²) < 4.78 is 0. The fourth-order valence-corrected chi connectivity index (χ4v) is 3.83. The van der Waals surface area contributed by atoms with Crippen molar-refractivity contribution in [2.75, 3.05) is 13.1 Å². The molecule has 1 aliphatic rings. The zero-order chi connectivity index (χ0) is 17.9. The van der Waals surface area contributed by atoms with E-state index >= 15 is 0 Å². The van der Waals surface area contributed by atoms with Crippen LogP contribution in [-0.4, -0.2) is 30.2 Å². The Morgan fingerprint density at radius 1 is 1.44 bits per heavy atom. The van der Waals surface area contributed by atoms with E-state index in [9.17, 15) is 5.11 Å². The van der Waals surface area contributed by atoms with Gasteiger partial charge in [-0.05, 0) is 60.4 Å². The molecule has 4 nitrogen and oxygen atoms in total. The molecular formula is C19H24ClN3OS. The van der Waals surface area contributed by atoms with E-state index in [0.717, 1.165) is 29.5 Å². The van der Waals surface area contributed by atoms with E-state index in [1.165, 1.54) is 5.56 Å². The lowest BCUT2D eigenvalue weighted by Crippen LogP contribution is -2.40. The Morgan fingerprint density at radius 3 is 2.96 bits per heavy atom. The molecule has 3 rings (SSSR count). The topological polar surface area (TPSA) is 56.7 Å². The molecule has 6 heteroatoms. The molecule has 0 spiro atoms. The Bertz CT molecular complexity index is 730. The van der Waals surface area contributed by atoms with Crippen LogP contribution >= 0.6 is 22.9 Å². The predicted octanol–water partition coefficient (Wildman–Crippen LogP) is 3.72. The highest BCUT2D eigenvalue weighted by atomic mass is 35.5. The van der Waals surface area contributed by atoms with Crippen LogP contribution in [0.2, 0.25) is 5.02 Å². The van der Waals surface area contributed by atoms with Crippen molar-refractivity contribution in [3.05, 3.63) is 57.2 Å². The van der Waals surface area contributed by atoms with Crippen LogP contribution in [0.4, 0.5) is 0 Å². The first-order valence-corrected chi connectivity index (χ1v) is 9.87. The Labute approximate surface area is 158 Å². The van der Waals surface area contributed by atoms with Gasteiger partial charge in [-0.25, -0.2) is 4.99 Å². The average molecular weight is 378 g/mol. The molecule has 3 unspecified atom stereocenters. The summed E-state index contributed by atoms with van der Waals surface area (Å²) in [7, 11) is 0. The van der Waals surface area contributed by atoms with Gasteiger partial charge in [0, 0.05) is 23.5 Å². The molecule has 0 amide bonds. The minimum atomic E-state index is -0.960. The van der Waals surface area contributed by atoms with E-state index in [-0.39, 0.29) is 0 Å². The van der Waals surface area contributed by atoms with Crippen molar-refractivity contribution in [2.24, 2.45) is 4.99 Å². The second-order valence-electron chi connectivity index (χ2n) is 6.63. The van der Waals surface area contributed by atoms with Crippen LogP contribution < -0.4 is 10.6 Å². The van der Waals surface area contributed by atoms with Gasteiger partial charge in [0.05, 0.1) is 6.54 Å². The number of aliphatic imine (C=N–C) groups is 1. The minimum Gasteiger partial charge on any atom is -0.383 e. The average Bonchev–Trinajstić information content (AvgIpc) is 3.10. The third-order valence-electron chi connectivity index (χ3n) is 4.42. The molecule has 0 aliphatic heterocycles. The second-order valence-corrected chi connectivity index (χ2v) is 7.85. The number of guanidine groups is 1. The van der Waals surface area contributed by atoms with Crippen molar-refractivity contribution in [3.8, 4) is 0 Å². The van der Waals surface area contributed by atoms with Gasteiger partial charge in [0.1, 0.15) is 5.60 Å². The first-order valence-electron chi connectivity index (χ1n) is 8.55. The molecule has 1 fully saturated rings. The maximum atomic E-state index is 10.6. The smallest absolute Gasteiger partial charge is 0.191 e. The predicted molar refractivity (Wildman–Crippen MR) is 106 cm³/mol. The molecule has 3 atom stereocenters. The molecule has 1 aromatic heterocycles. The minimum absolute atomic E-state index is 0.313. The summed E-state index contributed by atoms with van der Waals surface area (Å²) >= 11 is 7.67. The molecule has 3 N–H and O–H groups in total. The molecule has 0 bridgehead atoms.